The lowest BCUT2D eigenvalue weighted by atomic mass is 10.2. The fourth-order valence-corrected chi connectivity index (χ4v) is 3.63. The van der Waals surface area contributed by atoms with Gasteiger partial charge >= 0.3 is 0 Å². The van der Waals surface area contributed by atoms with Gasteiger partial charge in [-0.1, -0.05) is 29.5 Å². The quantitative estimate of drug-likeness (QED) is 0.655. The molecule has 0 bridgehead atoms. The van der Waals surface area contributed by atoms with Crippen LogP contribution in [0.4, 0.5) is 5.69 Å². The number of rotatable bonds is 3. The topological polar surface area (TPSA) is 7.12 Å². The van der Waals surface area contributed by atoms with E-state index in [-0.39, 0.29) is 0 Å². The van der Waals surface area contributed by atoms with Crippen LogP contribution in [0.5, 0.6) is 0 Å². The van der Waals surface area contributed by atoms with Crippen molar-refractivity contribution in [3.63, 3.8) is 0 Å². The van der Waals surface area contributed by atoms with Gasteiger partial charge < -0.3 is 4.90 Å². The standard InChI is InChI=1S/C19H21N2S/c1-14-5-11-17-18(13-14)22-19(21(17)4)12-8-15-6-9-16(10-7-15)20(2)3/h5-13H,1-4H3/q+1. The van der Waals surface area contributed by atoms with Crippen molar-refractivity contribution in [2.45, 2.75) is 6.92 Å². The third-order valence-electron chi connectivity index (χ3n) is 3.85. The number of hydrogen-bond acceptors (Lipinski definition) is 2. The van der Waals surface area contributed by atoms with Crippen molar-refractivity contribution >= 4 is 39.4 Å². The van der Waals surface area contributed by atoms with Gasteiger partial charge in [-0.3, -0.25) is 0 Å². The van der Waals surface area contributed by atoms with E-state index < -0.39 is 0 Å². The Hall–Kier alpha value is -2.13. The van der Waals surface area contributed by atoms with Crippen LogP contribution in [0.25, 0.3) is 22.4 Å². The van der Waals surface area contributed by atoms with Gasteiger partial charge in [0.15, 0.2) is 0 Å². The molecule has 0 amide bonds. The van der Waals surface area contributed by atoms with Crippen LogP contribution in [0.3, 0.4) is 0 Å². The van der Waals surface area contributed by atoms with Crippen LogP contribution in [0.15, 0.2) is 42.5 Å². The van der Waals surface area contributed by atoms with Gasteiger partial charge in [-0.15, -0.1) is 0 Å². The maximum absolute atomic E-state index is 2.25. The fourth-order valence-electron chi connectivity index (χ4n) is 2.48. The van der Waals surface area contributed by atoms with E-state index >= 15 is 0 Å². The molecule has 3 rings (SSSR count). The van der Waals surface area contributed by atoms with Crippen molar-refractivity contribution in [2.24, 2.45) is 7.05 Å². The van der Waals surface area contributed by atoms with Crippen molar-refractivity contribution in [3.8, 4) is 0 Å². The summed E-state index contributed by atoms with van der Waals surface area (Å²) < 4.78 is 3.59. The number of anilines is 1. The molecule has 0 fully saturated rings. The Morgan fingerprint density at radius 3 is 2.41 bits per heavy atom. The van der Waals surface area contributed by atoms with Gasteiger partial charge in [0.25, 0.3) is 5.01 Å². The molecule has 22 heavy (non-hydrogen) atoms. The molecule has 0 aliphatic heterocycles. The van der Waals surface area contributed by atoms with Gasteiger partial charge in [-0.05, 0) is 42.3 Å². The van der Waals surface area contributed by atoms with Crippen molar-refractivity contribution in [1.29, 1.82) is 0 Å². The smallest absolute Gasteiger partial charge is 0.262 e. The molecular formula is C19H21N2S+. The Morgan fingerprint density at radius 1 is 1.00 bits per heavy atom. The molecule has 0 atom stereocenters. The summed E-state index contributed by atoms with van der Waals surface area (Å²) >= 11 is 1.83. The Morgan fingerprint density at radius 2 is 1.73 bits per heavy atom. The van der Waals surface area contributed by atoms with E-state index in [4.69, 9.17) is 0 Å². The lowest BCUT2D eigenvalue weighted by Crippen LogP contribution is -2.28. The third-order valence-corrected chi connectivity index (χ3v) is 5.02. The molecule has 3 aromatic rings. The first-order valence-electron chi connectivity index (χ1n) is 7.39. The maximum Gasteiger partial charge on any atom is 0.262 e. The van der Waals surface area contributed by atoms with E-state index in [1.54, 1.807) is 0 Å². The zero-order valence-electron chi connectivity index (χ0n) is 13.5. The maximum atomic E-state index is 2.25. The number of aryl methyl sites for hydroxylation is 2. The SMILES string of the molecule is Cc1ccc2c(c1)sc(C=Cc1ccc(N(C)C)cc1)[n+]2C. The highest BCUT2D eigenvalue weighted by molar-refractivity contribution is 7.18. The summed E-state index contributed by atoms with van der Waals surface area (Å²) in [5.41, 5.74) is 5.04. The van der Waals surface area contributed by atoms with Crippen molar-refractivity contribution in [2.75, 3.05) is 19.0 Å². The van der Waals surface area contributed by atoms with Crippen molar-refractivity contribution in [1.82, 2.24) is 0 Å². The van der Waals surface area contributed by atoms with Gasteiger partial charge in [-0.2, -0.15) is 4.57 Å². The largest absolute Gasteiger partial charge is 0.378 e. The number of aromatic nitrogens is 1. The molecule has 2 nitrogen and oxygen atoms in total. The zero-order valence-corrected chi connectivity index (χ0v) is 14.3. The van der Waals surface area contributed by atoms with Gasteiger partial charge in [-0.25, -0.2) is 0 Å². The molecular weight excluding hydrogens is 288 g/mol. The van der Waals surface area contributed by atoms with Crippen LogP contribution in [0, 0.1) is 6.92 Å². The van der Waals surface area contributed by atoms with Crippen LogP contribution in [-0.4, -0.2) is 14.1 Å². The molecule has 0 saturated heterocycles. The Kier molecular flexibility index (Phi) is 3.99. The molecule has 1 aromatic heterocycles. The normalized spacial score (nSPS) is 11.5. The molecule has 0 N–H and O–H groups in total. The molecule has 112 valence electrons. The second-order valence-corrected chi connectivity index (χ2v) is 6.85. The van der Waals surface area contributed by atoms with Gasteiger partial charge in [0, 0.05) is 31.9 Å². The van der Waals surface area contributed by atoms with E-state index in [0.29, 0.717) is 0 Å². The van der Waals surface area contributed by atoms with Gasteiger partial charge in [0.1, 0.15) is 11.7 Å². The first kappa shape index (κ1) is 14.8. The predicted molar refractivity (Wildman–Crippen MR) is 97.4 cm³/mol. The molecule has 0 spiro atoms. The summed E-state index contributed by atoms with van der Waals surface area (Å²) in [7, 11) is 6.25. The van der Waals surface area contributed by atoms with Crippen LogP contribution >= 0.6 is 11.3 Å². The van der Waals surface area contributed by atoms with Gasteiger partial charge in [0.05, 0.1) is 0 Å². The molecule has 0 aliphatic rings. The Bertz CT molecular complexity index is 827. The average molecular weight is 309 g/mol. The van der Waals surface area contributed by atoms with Crippen LogP contribution < -0.4 is 9.47 Å². The molecule has 0 radical (unpaired) electrons. The fraction of sp³-hybridized carbons (Fsp3) is 0.211. The second kappa shape index (κ2) is 5.93. The third kappa shape index (κ3) is 2.90. The predicted octanol–water partition coefficient (Wildman–Crippen LogP) is 4.27. The van der Waals surface area contributed by atoms with E-state index in [0.717, 1.165) is 0 Å². The van der Waals surface area contributed by atoms with Crippen LogP contribution in [-0.2, 0) is 7.05 Å². The molecule has 0 saturated carbocycles. The number of thiazole rings is 1. The van der Waals surface area contributed by atoms with Crippen LogP contribution in [0.2, 0.25) is 0 Å². The summed E-state index contributed by atoms with van der Waals surface area (Å²) in [4.78, 5) is 2.11. The molecule has 0 aliphatic carbocycles. The monoisotopic (exact) mass is 309 g/mol. The van der Waals surface area contributed by atoms with E-state index in [1.807, 2.05) is 11.3 Å². The average Bonchev–Trinajstić information content (AvgIpc) is 2.81. The summed E-state index contributed by atoms with van der Waals surface area (Å²) in [5.74, 6) is 0. The van der Waals surface area contributed by atoms with Crippen molar-refractivity contribution < 1.29 is 4.57 Å². The van der Waals surface area contributed by atoms with Gasteiger partial charge in [0.2, 0.25) is 5.52 Å². The highest BCUT2D eigenvalue weighted by Crippen LogP contribution is 2.23. The zero-order chi connectivity index (χ0) is 15.7. The first-order chi connectivity index (χ1) is 10.5. The number of benzene rings is 2. The first-order valence-corrected chi connectivity index (χ1v) is 8.21. The number of nitrogens with zero attached hydrogens (tertiary/aromatic N) is 2. The summed E-state index contributed by atoms with van der Waals surface area (Å²) in [6.07, 6.45) is 4.38. The molecule has 1 heterocycles. The van der Waals surface area contributed by atoms with E-state index in [9.17, 15) is 0 Å². The summed E-state index contributed by atoms with van der Waals surface area (Å²) in [5, 5.41) is 1.26. The number of fused-ring (bicyclic) bond motifs is 1. The molecule has 2 aromatic carbocycles. The highest BCUT2D eigenvalue weighted by atomic mass is 32.1. The summed E-state index contributed by atoms with van der Waals surface area (Å²) in [6, 6.07) is 15.2. The van der Waals surface area contributed by atoms with Crippen LogP contribution in [0.1, 0.15) is 16.1 Å². The minimum absolute atomic E-state index is 1.22. The second-order valence-electron chi connectivity index (χ2n) is 5.79. The van der Waals surface area contributed by atoms with Crippen molar-refractivity contribution in [3.05, 3.63) is 58.6 Å². The summed E-state index contributed by atoms with van der Waals surface area (Å²) in [6.45, 7) is 2.14. The minimum atomic E-state index is 1.22. The highest BCUT2D eigenvalue weighted by Gasteiger charge is 2.14. The lowest BCUT2D eigenvalue weighted by Gasteiger charge is -2.11. The lowest BCUT2D eigenvalue weighted by molar-refractivity contribution is -0.642. The number of hydrogen-bond donors (Lipinski definition) is 0. The molecule has 3 heteroatoms. The minimum Gasteiger partial charge on any atom is -0.378 e. The van der Waals surface area contributed by atoms with E-state index in [1.165, 1.54) is 32.0 Å². The van der Waals surface area contributed by atoms with E-state index in [2.05, 4.69) is 92.2 Å². The Balaban J connectivity index is 1.90. The molecule has 0 unspecified atom stereocenters. The Labute approximate surface area is 136 Å².